The van der Waals surface area contributed by atoms with Gasteiger partial charge in [0.2, 0.25) is 0 Å². The second-order valence-electron chi connectivity index (χ2n) is 4.79. The zero-order chi connectivity index (χ0) is 11.1. The van der Waals surface area contributed by atoms with Gasteiger partial charge >= 0.3 is 6.09 Å². The highest BCUT2D eigenvalue weighted by Crippen LogP contribution is 2.34. The van der Waals surface area contributed by atoms with Crippen molar-refractivity contribution in [3.63, 3.8) is 0 Å². The molecule has 0 radical (unpaired) electrons. The minimum Gasteiger partial charge on any atom is -0.444 e. The molecule has 1 heterocycles. The maximum atomic E-state index is 11.2. The van der Waals surface area contributed by atoms with Crippen molar-refractivity contribution in [1.82, 2.24) is 0 Å². The first-order valence-corrected chi connectivity index (χ1v) is 5.04. The number of para-hydroxylation sites is 1. The second kappa shape index (κ2) is 3.26. The lowest BCUT2D eigenvalue weighted by atomic mass is 9.84. The third-order valence-corrected chi connectivity index (χ3v) is 2.54. The van der Waals surface area contributed by atoms with Crippen LogP contribution in [0.25, 0.3) is 0 Å². The van der Waals surface area contributed by atoms with Gasteiger partial charge in [-0.1, -0.05) is 39.0 Å². The first kappa shape index (κ1) is 10.0. The first-order chi connectivity index (χ1) is 6.98. The van der Waals surface area contributed by atoms with Gasteiger partial charge in [-0.05, 0) is 11.0 Å². The van der Waals surface area contributed by atoms with Gasteiger partial charge in [0.1, 0.15) is 6.61 Å². The molecular formula is C12H15NO2. The van der Waals surface area contributed by atoms with Crippen LogP contribution in [0.4, 0.5) is 10.5 Å². The highest BCUT2D eigenvalue weighted by molar-refractivity contribution is 5.89. The molecule has 0 bridgehead atoms. The van der Waals surface area contributed by atoms with E-state index in [1.807, 2.05) is 18.2 Å². The molecule has 0 saturated heterocycles. The van der Waals surface area contributed by atoms with Crippen LogP contribution < -0.4 is 5.32 Å². The smallest absolute Gasteiger partial charge is 0.411 e. The van der Waals surface area contributed by atoms with Gasteiger partial charge in [-0.25, -0.2) is 4.79 Å². The molecule has 2 rings (SSSR count). The van der Waals surface area contributed by atoms with Crippen LogP contribution in [-0.2, 0) is 16.8 Å². The summed E-state index contributed by atoms with van der Waals surface area (Å²) in [5, 5.41) is 2.77. The fraction of sp³-hybridized carbons (Fsp3) is 0.417. The van der Waals surface area contributed by atoms with Gasteiger partial charge in [0.15, 0.2) is 0 Å². The maximum Gasteiger partial charge on any atom is 0.411 e. The van der Waals surface area contributed by atoms with E-state index in [0.29, 0.717) is 6.61 Å². The predicted octanol–water partition coefficient (Wildman–Crippen LogP) is 3.05. The minimum atomic E-state index is -0.362. The molecule has 3 heteroatoms. The van der Waals surface area contributed by atoms with Crippen molar-refractivity contribution in [2.24, 2.45) is 0 Å². The van der Waals surface area contributed by atoms with E-state index in [1.165, 1.54) is 0 Å². The molecule has 0 unspecified atom stereocenters. The normalized spacial score (nSPS) is 15.3. The van der Waals surface area contributed by atoms with E-state index < -0.39 is 0 Å². The lowest BCUT2D eigenvalue weighted by Gasteiger charge is -2.27. The van der Waals surface area contributed by atoms with Crippen molar-refractivity contribution in [1.29, 1.82) is 0 Å². The highest BCUT2D eigenvalue weighted by Gasteiger charge is 2.24. The van der Waals surface area contributed by atoms with Crippen LogP contribution in [0.1, 0.15) is 31.9 Å². The molecule has 0 saturated carbocycles. The van der Waals surface area contributed by atoms with Crippen molar-refractivity contribution < 1.29 is 9.53 Å². The standard InChI is InChI=1S/C12H15NO2/c1-12(2,3)9-6-4-5-8-7-15-11(14)13-10(8)9/h4-6H,7H2,1-3H3,(H,13,14). The molecule has 0 spiro atoms. The van der Waals surface area contributed by atoms with E-state index in [-0.39, 0.29) is 11.5 Å². The Balaban J connectivity index is 2.53. The summed E-state index contributed by atoms with van der Waals surface area (Å²) >= 11 is 0. The summed E-state index contributed by atoms with van der Waals surface area (Å²) in [6.45, 7) is 6.75. The molecule has 0 aromatic heterocycles. The Morgan fingerprint density at radius 3 is 2.73 bits per heavy atom. The quantitative estimate of drug-likeness (QED) is 0.707. The number of hydrogen-bond donors (Lipinski definition) is 1. The van der Waals surface area contributed by atoms with Crippen molar-refractivity contribution in [3.05, 3.63) is 29.3 Å². The van der Waals surface area contributed by atoms with Crippen molar-refractivity contribution >= 4 is 11.8 Å². The number of cyclic esters (lactones) is 1. The van der Waals surface area contributed by atoms with Gasteiger partial charge in [0.25, 0.3) is 0 Å². The summed E-state index contributed by atoms with van der Waals surface area (Å²) in [5.41, 5.74) is 3.13. The number of anilines is 1. The second-order valence-corrected chi connectivity index (χ2v) is 4.79. The number of nitrogens with one attached hydrogen (secondary N) is 1. The summed E-state index contributed by atoms with van der Waals surface area (Å²) in [5.74, 6) is 0. The fourth-order valence-electron chi connectivity index (χ4n) is 1.77. The van der Waals surface area contributed by atoms with Crippen molar-refractivity contribution in [3.8, 4) is 0 Å². The lowest BCUT2D eigenvalue weighted by Crippen LogP contribution is -2.24. The van der Waals surface area contributed by atoms with Gasteiger partial charge in [-0.3, -0.25) is 5.32 Å². The minimum absolute atomic E-state index is 0.0238. The Labute approximate surface area is 89.4 Å². The molecular weight excluding hydrogens is 190 g/mol. The largest absolute Gasteiger partial charge is 0.444 e. The molecule has 1 aromatic rings. The SMILES string of the molecule is CC(C)(C)c1cccc2c1NC(=O)OC2. The Morgan fingerprint density at radius 2 is 2.07 bits per heavy atom. The Bertz CT molecular complexity index is 405. The molecule has 1 aliphatic heterocycles. The van der Waals surface area contributed by atoms with Crippen LogP contribution in [0, 0.1) is 0 Å². The average Bonchev–Trinajstić information content (AvgIpc) is 2.15. The molecule has 15 heavy (non-hydrogen) atoms. The molecule has 0 fully saturated rings. The third-order valence-electron chi connectivity index (χ3n) is 2.54. The Kier molecular flexibility index (Phi) is 2.18. The van der Waals surface area contributed by atoms with E-state index in [4.69, 9.17) is 4.74 Å². The predicted molar refractivity (Wildman–Crippen MR) is 58.9 cm³/mol. The number of carbonyl (C=O) groups excluding carboxylic acids is 1. The monoisotopic (exact) mass is 205 g/mol. The topological polar surface area (TPSA) is 38.3 Å². The van der Waals surface area contributed by atoms with Crippen LogP contribution in [0.5, 0.6) is 0 Å². The summed E-state index contributed by atoms with van der Waals surface area (Å²) in [7, 11) is 0. The number of hydrogen-bond acceptors (Lipinski definition) is 2. The van der Waals surface area contributed by atoms with E-state index in [0.717, 1.165) is 16.8 Å². The number of ether oxygens (including phenoxy) is 1. The number of rotatable bonds is 0. The van der Waals surface area contributed by atoms with Crippen LogP contribution in [0.2, 0.25) is 0 Å². The average molecular weight is 205 g/mol. The Hall–Kier alpha value is -1.51. The molecule has 3 nitrogen and oxygen atoms in total. The molecule has 0 atom stereocenters. The van der Waals surface area contributed by atoms with Crippen LogP contribution in [0.3, 0.4) is 0 Å². The maximum absolute atomic E-state index is 11.2. The number of amides is 1. The van der Waals surface area contributed by atoms with Gasteiger partial charge < -0.3 is 4.74 Å². The molecule has 1 aliphatic rings. The van der Waals surface area contributed by atoms with Crippen LogP contribution >= 0.6 is 0 Å². The molecule has 1 N–H and O–H groups in total. The molecule has 1 aromatic carbocycles. The van der Waals surface area contributed by atoms with E-state index >= 15 is 0 Å². The molecule has 80 valence electrons. The zero-order valence-electron chi connectivity index (χ0n) is 9.26. The molecule has 1 amide bonds. The van der Waals surface area contributed by atoms with Gasteiger partial charge in [-0.15, -0.1) is 0 Å². The number of carbonyl (C=O) groups is 1. The van der Waals surface area contributed by atoms with E-state index in [9.17, 15) is 4.79 Å². The van der Waals surface area contributed by atoms with Crippen LogP contribution in [0.15, 0.2) is 18.2 Å². The number of benzene rings is 1. The summed E-state index contributed by atoms with van der Waals surface area (Å²) in [4.78, 5) is 11.2. The molecule has 0 aliphatic carbocycles. The van der Waals surface area contributed by atoms with Gasteiger partial charge in [-0.2, -0.15) is 0 Å². The number of fused-ring (bicyclic) bond motifs is 1. The van der Waals surface area contributed by atoms with Crippen molar-refractivity contribution in [2.75, 3.05) is 5.32 Å². The third kappa shape index (κ3) is 1.82. The lowest BCUT2D eigenvalue weighted by molar-refractivity contribution is 0.151. The first-order valence-electron chi connectivity index (χ1n) is 5.04. The Morgan fingerprint density at radius 1 is 1.33 bits per heavy atom. The zero-order valence-corrected chi connectivity index (χ0v) is 9.26. The van der Waals surface area contributed by atoms with Gasteiger partial charge in [0.05, 0.1) is 5.69 Å². The van der Waals surface area contributed by atoms with Gasteiger partial charge in [0, 0.05) is 5.56 Å². The summed E-state index contributed by atoms with van der Waals surface area (Å²) < 4.78 is 4.92. The van der Waals surface area contributed by atoms with Crippen molar-refractivity contribution in [2.45, 2.75) is 32.8 Å². The van der Waals surface area contributed by atoms with E-state index in [2.05, 4.69) is 26.1 Å². The highest BCUT2D eigenvalue weighted by atomic mass is 16.5. The fourth-order valence-corrected chi connectivity index (χ4v) is 1.77. The van der Waals surface area contributed by atoms with E-state index in [1.54, 1.807) is 0 Å². The van der Waals surface area contributed by atoms with Crippen LogP contribution in [-0.4, -0.2) is 6.09 Å². The summed E-state index contributed by atoms with van der Waals surface area (Å²) in [6.07, 6.45) is -0.362. The summed E-state index contributed by atoms with van der Waals surface area (Å²) in [6, 6.07) is 6.02.